The molecule has 0 aromatic heterocycles. The molecule has 7 nitrogen and oxygen atoms in total. The third-order valence-electron chi connectivity index (χ3n) is 3.84. The Morgan fingerprint density at radius 3 is 2.81 bits per heavy atom. The van der Waals surface area contributed by atoms with Gasteiger partial charge in [0.1, 0.15) is 17.4 Å². The van der Waals surface area contributed by atoms with Crippen molar-refractivity contribution in [2.24, 2.45) is 0 Å². The number of fused-ring (bicyclic) bond motifs is 1. The predicted molar refractivity (Wildman–Crippen MR) is 85.8 cm³/mol. The first-order chi connectivity index (χ1) is 12.5. The van der Waals surface area contributed by atoms with Crippen LogP contribution in [0.2, 0.25) is 0 Å². The zero-order valence-electron chi connectivity index (χ0n) is 13.5. The second kappa shape index (κ2) is 7.44. The number of carbonyl (C=O) groups is 1. The summed E-state index contributed by atoms with van der Waals surface area (Å²) < 4.78 is 38.0. The van der Waals surface area contributed by atoms with Crippen molar-refractivity contribution >= 4 is 11.6 Å². The third-order valence-corrected chi connectivity index (χ3v) is 3.84. The Morgan fingerprint density at radius 2 is 2.08 bits per heavy atom. The first kappa shape index (κ1) is 17.7. The number of nitro benzene ring substituents is 1. The minimum atomic E-state index is -0.986. The standard InChI is InChI=1S/C17H14F2N2O5/c18-12-5-10(16-11(6-12)8-25-9-26-16)3-4-20-17(22)14-2-1-13(21(23)24)7-15(14)19/h1-2,5-7H,3-4,8-9H2,(H,20,22). The second-order valence-electron chi connectivity index (χ2n) is 5.59. The van der Waals surface area contributed by atoms with Gasteiger partial charge in [0, 0.05) is 18.2 Å². The second-order valence-corrected chi connectivity index (χ2v) is 5.59. The van der Waals surface area contributed by atoms with E-state index in [1.807, 2.05) is 0 Å². The van der Waals surface area contributed by atoms with Crippen LogP contribution in [0.3, 0.4) is 0 Å². The van der Waals surface area contributed by atoms with Crippen molar-refractivity contribution in [3.8, 4) is 5.75 Å². The smallest absolute Gasteiger partial charge is 0.272 e. The highest BCUT2D eigenvalue weighted by Gasteiger charge is 2.18. The van der Waals surface area contributed by atoms with Gasteiger partial charge in [0.15, 0.2) is 6.79 Å². The first-order valence-electron chi connectivity index (χ1n) is 7.69. The Bertz CT molecular complexity index is 872. The summed E-state index contributed by atoms with van der Waals surface area (Å²) in [6, 6.07) is 5.42. The van der Waals surface area contributed by atoms with Gasteiger partial charge in [-0.05, 0) is 30.2 Å². The van der Waals surface area contributed by atoms with Gasteiger partial charge in [0.25, 0.3) is 11.6 Å². The molecule has 0 unspecified atom stereocenters. The average Bonchev–Trinajstić information content (AvgIpc) is 2.61. The van der Waals surface area contributed by atoms with E-state index in [1.165, 1.54) is 12.1 Å². The summed E-state index contributed by atoms with van der Waals surface area (Å²) in [6.45, 7) is 0.405. The van der Waals surface area contributed by atoms with Crippen LogP contribution < -0.4 is 10.1 Å². The summed E-state index contributed by atoms with van der Waals surface area (Å²) >= 11 is 0. The highest BCUT2D eigenvalue weighted by atomic mass is 19.1. The van der Waals surface area contributed by atoms with Crippen LogP contribution in [0.5, 0.6) is 5.75 Å². The van der Waals surface area contributed by atoms with E-state index in [2.05, 4.69) is 5.32 Å². The number of amides is 1. The average molecular weight is 364 g/mol. The number of nitrogens with zero attached hydrogens (tertiary/aromatic N) is 1. The summed E-state index contributed by atoms with van der Waals surface area (Å²) in [7, 11) is 0. The molecule has 1 aliphatic rings. The quantitative estimate of drug-likeness (QED) is 0.651. The summed E-state index contributed by atoms with van der Waals surface area (Å²) in [5.74, 6) is -1.62. The van der Waals surface area contributed by atoms with Crippen LogP contribution in [0.1, 0.15) is 21.5 Å². The van der Waals surface area contributed by atoms with Crippen LogP contribution >= 0.6 is 0 Å². The zero-order chi connectivity index (χ0) is 18.7. The third kappa shape index (κ3) is 3.77. The highest BCUT2D eigenvalue weighted by molar-refractivity contribution is 5.94. The fourth-order valence-electron chi connectivity index (χ4n) is 2.65. The number of benzene rings is 2. The number of carbonyl (C=O) groups excluding carboxylic acids is 1. The molecule has 26 heavy (non-hydrogen) atoms. The van der Waals surface area contributed by atoms with Crippen molar-refractivity contribution in [1.29, 1.82) is 0 Å². The number of halogens is 2. The van der Waals surface area contributed by atoms with Crippen molar-refractivity contribution in [3.63, 3.8) is 0 Å². The van der Waals surface area contributed by atoms with Crippen LogP contribution in [0, 0.1) is 21.7 Å². The van der Waals surface area contributed by atoms with Gasteiger partial charge in [-0.3, -0.25) is 14.9 Å². The van der Waals surface area contributed by atoms with E-state index in [4.69, 9.17) is 9.47 Å². The molecular weight excluding hydrogens is 350 g/mol. The maximum Gasteiger partial charge on any atom is 0.272 e. The maximum atomic E-state index is 13.8. The molecule has 0 saturated carbocycles. The molecule has 0 radical (unpaired) electrons. The molecule has 1 N–H and O–H groups in total. The van der Waals surface area contributed by atoms with E-state index in [0.29, 0.717) is 22.9 Å². The Balaban J connectivity index is 1.66. The van der Waals surface area contributed by atoms with Crippen LogP contribution in [-0.4, -0.2) is 24.2 Å². The molecule has 3 rings (SSSR count). The van der Waals surface area contributed by atoms with Crippen molar-refractivity contribution in [2.45, 2.75) is 13.0 Å². The van der Waals surface area contributed by atoms with Crippen LogP contribution in [-0.2, 0) is 17.8 Å². The van der Waals surface area contributed by atoms with E-state index in [-0.39, 0.29) is 31.9 Å². The maximum absolute atomic E-state index is 13.8. The molecule has 0 spiro atoms. The van der Waals surface area contributed by atoms with Gasteiger partial charge in [-0.25, -0.2) is 8.78 Å². The van der Waals surface area contributed by atoms with Gasteiger partial charge in [-0.1, -0.05) is 0 Å². The summed E-state index contributed by atoms with van der Waals surface area (Å²) in [6.07, 6.45) is 0.264. The summed E-state index contributed by atoms with van der Waals surface area (Å²) in [5.41, 5.74) is 0.401. The molecular formula is C17H14F2N2O5. The summed E-state index contributed by atoms with van der Waals surface area (Å²) in [5, 5.41) is 13.1. The molecule has 1 aliphatic heterocycles. The Hall–Kier alpha value is -3.07. The molecule has 1 amide bonds. The highest BCUT2D eigenvalue weighted by Crippen LogP contribution is 2.29. The topological polar surface area (TPSA) is 90.7 Å². The SMILES string of the molecule is O=C(NCCc1cc(F)cc2c1OCOC2)c1ccc([N+](=O)[O-])cc1F. The van der Waals surface area contributed by atoms with E-state index >= 15 is 0 Å². The molecule has 0 aliphatic carbocycles. The van der Waals surface area contributed by atoms with Crippen LogP contribution in [0.15, 0.2) is 30.3 Å². The number of ether oxygens (including phenoxy) is 2. The normalized spacial score (nSPS) is 12.8. The largest absolute Gasteiger partial charge is 0.467 e. The lowest BCUT2D eigenvalue weighted by atomic mass is 10.1. The Morgan fingerprint density at radius 1 is 1.27 bits per heavy atom. The van der Waals surface area contributed by atoms with Gasteiger partial charge < -0.3 is 14.8 Å². The number of hydrogen-bond acceptors (Lipinski definition) is 5. The predicted octanol–water partition coefficient (Wildman–Crippen LogP) is 2.71. The molecule has 0 bridgehead atoms. The van der Waals surface area contributed by atoms with Crippen molar-refractivity contribution < 1.29 is 28.0 Å². The van der Waals surface area contributed by atoms with Gasteiger partial charge in [0.05, 0.1) is 23.2 Å². The molecule has 0 fully saturated rings. The summed E-state index contributed by atoms with van der Waals surface area (Å²) in [4.78, 5) is 21.9. The fraction of sp³-hybridized carbons (Fsp3) is 0.235. The lowest BCUT2D eigenvalue weighted by molar-refractivity contribution is -0.385. The minimum Gasteiger partial charge on any atom is -0.467 e. The number of hydrogen-bond donors (Lipinski definition) is 1. The Kier molecular flexibility index (Phi) is 5.08. The molecule has 2 aromatic carbocycles. The zero-order valence-corrected chi connectivity index (χ0v) is 13.5. The number of non-ortho nitro benzene ring substituents is 1. The van der Waals surface area contributed by atoms with Crippen molar-refractivity contribution in [2.75, 3.05) is 13.3 Å². The first-order valence-corrected chi connectivity index (χ1v) is 7.69. The van der Waals surface area contributed by atoms with Crippen molar-refractivity contribution in [1.82, 2.24) is 5.32 Å². The Labute approximate surface area is 146 Å². The fourth-order valence-corrected chi connectivity index (χ4v) is 2.65. The molecule has 1 heterocycles. The lowest BCUT2D eigenvalue weighted by Gasteiger charge is -2.21. The van der Waals surface area contributed by atoms with Crippen molar-refractivity contribution in [3.05, 3.63) is 68.8 Å². The number of nitrogens with one attached hydrogen (secondary N) is 1. The van der Waals surface area contributed by atoms with Gasteiger partial charge in [-0.15, -0.1) is 0 Å². The molecule has 136 valence electrons. The van der Waals surface area contributed by atoms with E-state index in [9.17, 15) is 23.7 Å². The van der Waals surface area contributed by atoms with E-state index in [1.54, 1.807) is 0 Å². The molecule has 9 heteroatoms. The number of nitro groups is 1. The van der Waals surface area contributed by atoms with Crippen LogP contribution in [0.4, 0.5) is 14.5 Å². The van der Waals surface area contributed by atoms with E-state index in [0.717, 1.165) is 12.1 Å². The van der Waals surface area contributed by atoms with Gasteiger partial charge in [0.2, 0.25) is 0 Å². The molecule has 2 aromatic rings. The van der Waals surface area contributed by atoms with E-state index < -0.39 is 28.2 Å². The molecule has 0 atom stereocenters. The van der Waals surface area contributed by atoms with Gasteiger partial charge >= 0.3 is 0 Å². The number of rotatable bonds is 5. The minimum absolute atomic E-state index is 0.0615. The lowest BCUT2D eigenvalue weighted by Crippen LogP contribution is -2.27. The van der Waals surface area contributed by atoms with Gasteiger partial charge in [-0.2, -0.15) is 0 Å². The monoisotopic (exact) mass is 364 g/mol. The molecule has 0 saturated heterocycles. The van der Waals surface area contributed by atoms with Crippen LogP contribution in [0.25, 0.3) is 0 Å².